The Hall–Kier alpha value is -1.44. The maximum Gasteiger partial charge on any atom is 0.315 e. The Morgan fingerprint density at radius 3 is 2.69 bits per heavy atom. The van der Waals surface area contributed by atoms with E-state index in [1.54, 1.807) is 4.90 Å². The Balaban J connectivity index is 1.50. The molecule has 2 heterocycles. The molecule has 0 spiro atoms. The van der Waals surface area contributed by atoms with Gasteiger partial charge in [0.1, 0.15) is 0 Å². The first kappa shape index (κ1) is 20.9. The molecule has 0 bridgehead atoms. The first-order chi connectivity index (χ1) is 12.5. The molecular formula is C18H31N3O4S. The zero-order chi connectivity index (χ0) is 18.9. The summed E-state index contributed by atoms with van der Waals surface area (Å²) in [6.07, 6.45) is 6.61. The number of hydrogen-bond acceptors (Lipinski definition) is 5. The number of esters is 1. The van der Waals surface area contributed by atoms with Gasteiger partial charge in [0.25, 0.3) is 0 Å². The maximum absolute atomic E-state index is 12.2. The third-order valence-electron chi connectivity index (χ3n) is 5.10. The van der Waals surface area contributed by atoms with Crippen LogP contribution in [-0.4, -0.2) is 66.6 Å². The standard InChI is InChI=1S/C18H31N3O4S/c1-21(11-7-3-4-10-16(23)25-2)15(22)9-6-5-8-14-17-13(12-26-14)19-18(24)20-17/h13-14,17H,3-12H2,1-2H3,(H2,19,20,24)/t13?,14-,17?/m0/s1. The molecule has 0 aromatic carbocycles. The Morgan fingerprint density at radius 1 is 1.15 bits per heavy atom. The van der Waals surface area contributed by atoms with Crippen LogP contribution in [-0.2, 0) is 14.3 Å². The SMILES string of the molecule is COC(=O)CCCCCN(C)C(=O)CCCC[C@@H]1SCC2NC(=O)NC21. The summed E-state index contributed by atoms with van der Waals surface area (Å²) in [7, 11) is 3.25. The summed E-state index contributed by atoms with van der Waals surface area (Å²) in [5.74, 6) is 0.992. The minimum Gasteiger partial charge on any atom is -0.469 e. The number of hydrogen-bond donors (Lipinski definition) is 2. The van der Waals surface area contributed by atoms with Crippen molar-refractivity contribution in [1.29, 1.82) is 0 Å². The largest absolute Gasteiger partial charge is 0.469 e. The number of unbranched alkanes of at least 4 members (excludes halogenated alkanes) is 3. The minimum absolute atomic E-state index is 0.0475. The van der Waals surface area contributed by atoms with Crippen LogP contribution in [0.1, 0.15) is 51.4 Å². The average Bonchev–Trinajstić information content (AvgIpc) is 3.17. The van der Waals surface area contributed by atoms with Crippen LogP contribution in [0.15, 0.2) is 0 Å². The van der Waals surface area contributed by atoms with Crippen molar-refractivity contribution >= 4 is 29.7 Å². The number of thioether (sulfide) groups is 1. The Morgan fingerprint density at radius 2 is 1.92 bits per heavy atom. The lowest BCUT2D eigenvalue weighted by Gasteiger charge is -2.18. The van der Waals surface area contributed by atoms with Gasteiger partial charge in [-0.2, -0.15) is 11.8 Å². The first-order valence-corrected chi connectivity index (χ1v) is 10.6. The van der Waals surface area contributed by atoms with E-state index in [-0.39, 0.29) is 30.0 Å². The van der Waals surface area contributed by atoms with Gasteiger partial charge in [-0.05, 0) is 25.7 Å². The van der Waals surface area contributed by atoms with Crippen LogP contribution in [0.3, 0.4) is 0 Å². The number of methoxy groups -OCH3 is 1. The van der Waals surface area contributed by atoms with Gasteiger partial charge in [-0.15, -0.1) is 0 Å². The van der Waals surface area contributed by atoms with Crippen LogP contribution in [0.5, 0.6) is 0 Å². The van der Waals surface area contributed by atoms with Crippen molar-refractivity contribution in [3.8, 4) is 0 Å². The number of amides is 3. The van der Waals surface area contributed by atoms with E-state index < -0.39 is 0 Å². The second-order valence-corrected chi connectivity index (χ2v) is 8.34. The van der Waals surface area contributed by atoms with Gasteiger partial charge in [0.2, 0.25) is 5.91 Å². The van der Waals surface area contributed by atoms with E-state index in [1.807, 2.05) is 18.8 Å². The lowest BCUT2D eigenvalue weighted by atomic mass is 10.0. The van der Waals surface area contributed by atoms with Crippen LogP contribution < -0.4 is 10.6 Å². The molecule has 2 rings (SSSR count). The summed E-state index contributed by atoms with van der Waals surface area (Å²) >= 11 is 1.92. The molecule has 2 saturated heterocycles. The molecule has 0 aliphatic carbocycles. The number of ether oxygens (including phenoxy) is 1. The van der Waals surface area contributed by atoms with Crippen molar-refractivity contribution in [2.75, 3.05) is 26.5 Å². The number of fused-ring (bicyclic) bond motifs is 1. The van der Waals surface area contributed by atoms with Gasteiger partial charge >= 0.3 is 12.0 Å². The van der Waals surface area contributed by atoms with Gasteiger partial charge < -0.3 is 20.3 Å². The molecule has 2 fully saturated rings. The van der Waals surface area contributed by atoms with Gasteiger partial charge in [0, 0.05) is 37.4 Å². The fourth-order valence-electron chi connectivity index (χ4n) is 3.48. The van der Waals surface area contributed by atoms with Crippen LogP contribution in [0.2, 0.25) is 0 Å². The van der Waals surface area contributed by atoms with Crippen molar-refractivity contribution in [3.63, 3.8) is 0 Å². The fourth-order valence-corrected chi connectivity index (χ4v) is 5.02. The summed E-state index contributed by atoms with van der Waals surface area (Å²) in [6, 6.07) is 0.467. The van der Waals surface area contributed by atoms with E-state index in [9.17, 15) is 14.4 Å². The maximum atomic E-state index is 12.2. The van der Waals surface area contributed by atoms with Crippen molar-refractivity contribution < 1.29 is 19.1 Å². The summed E-state index contributed by atoms with van der Waals surface area (Å²) < 4.78 is 4.61. The molecule has 0 radical (unpaired) electrons. The molecule has 2 aliphatic heterocycles. The number of carbonyl (C=O) groups excluding carboxylic acids is 3. The van der Waals surface area contributed by atoms with Gasteiger partial charge in [-0.1, -0.05) is 12.8 Å². The molecule has 148 valence electrons. The highest BCUT2D eigenvalue weighted by Crippen LogP contribution is 2.33. The lowest BCUT2D eigenvalue weighted by molar-refractivity contribution is -0.140. The van der Waals surface area contributed by atoms with Crippen molar-refractivity contribution in [1.82, 2.24) is 15.5 Å². The van der Waals surface area contributed by atoms with Gasteiger partial charge in [-0.25, -0.2) is 4.79 Å². The van der Waals surface area contributed by atoms with Gasteiger partial charge in [0.05, 0.1) is 19.2 Å². The van der Waals surface area contributed by atoms with E-state index in [0.29, 0.717) is 18.1 Å². The van der Waals surface area contributed by atoms with Crippen LogP contribution >= 0.6 is 11.8 Å². The Kier molecular flexibility index (Phi) is 8.54. The molecule has 0 aromatic heterocycles. The van der Waals surface area contributed by atoms with E-state index in [4.69, 9.17) is 0 Å². The van der Waals surface area contributed by atoms with E-state index in [1.165, 1.54) is 7.11 Å². The molecule has 2 aliphatic rings. The normalized spacial score (nSPS) is 23.9. The number of carbonyl (C=O) groups is 3. The summed E-state index contributed by atoms with van der Waals surface area (Å²) in [6.45, 7) is 0.736. The number of nitrogens with one attached hydrogen (secondary N) is 2. The predicted octanol–water partition coefficient (Wildman–Crippen LogP) is 1.90. The first-order valence-electron chi connectivity index (χ1n) is 9.50. The average molecular weight is 386 g/mol. The number of nitrogens with zero attached hydrogens (tertiary/aromatic N) is 1. The van der Waals surface area contributed by atoms with E-state index in [0.717, 1.165) is 50.8 Å². The lowest BCUT2D eigenvalue weighted by Crippen LogP contribution is -2.36. The second-order valence-electron chi connectivity index (χ2n) is 7.07. The fraction of sp³-hybridized carbons (Fsp3) is 0.833. The molecule has 0 saturated carbocycles. The van der Waals surface area contributed by atoms with Gasteiger partial charge in [-0.3, -0.25) is 9.59 Å². The number of rotatable bonds is 11. The Bertz CT molecular complexity index is 503. The molecule has 8 heteroatoms. The highest BCUT2D eigenvalue weighted by Gasteiger charge is 2.42. The molecule has 26 heavy (non-hydrogen) atoms. The topological polar surface area (TPSA) is 87.7 Å². The summed E-state index contributed by atoms with van der Waals surface area (Å²) in [5.41, 5.74) is 0. The third kappa shape index (κ3) is 6.37. The molecule has 2 N–H and O–H groups in total. The molecule has 2 unspecified atom stereocenters. The van der Waals surface area contributed by atoms with E-state index in [2.05, 4.69) is 15.4 Å². The van der Waals surface area contributed by atoms with Gasteiger partial charge in [0.15, 0.2) is 0 Å². The van der Waals surface area contributed by atoms with Crippen molar-refractivity contribution in [2.24, 2.45) is 0 Å². The highest BCUT2D eigenvalue weighted by molar-refractivity contribution is 8.00. The molecule has 7 nitrogen and oxygen atoms in total. The van der Waals surface area contributed by atoms with Crippen molar-refractivity contribution in [2.45, 2.75) is 68.7 Å². The van der Waals surface area contributed by atoms with E-state index >= 15 is 0 Å². The van der Waals surface area contributed by atoms with Crippen LogP contribution in [0.4, 0.5) is 4.79 Å². The zero-order valence-corrected chi connectivity index (χ0v) is 16.6. The number of urea groups is 1. The van der Waals surface area contributed by atoms with Crippen LogP contribution in [0.25, 0.3) is 0 Å². The monoisotopic (exact) mass is 385 g/mol. The predicted molar refractivity (Wildman–Crippen MR) is 102 cm³/mol. The molecule has 3 amide bonds. The van der Waals surface area contributed by atoms with Crippen molar-refractivity contribution in [3.05, 3.63) is 0 Å². The molecule has 0 aromatic rings. The molecular weight excluding hydrogens is 354 g/mol. The quantitative estimate of drug-likeness (QED) is 0.322. The molecule has 3 atom stereocenters. The third-order valence-corrected chi connectivity index (χ3v) is 6.60. The minimum atomic E-state index is -0.172. The summed E-state index contributed by atoms with van der Waals surface area (Å²) in [5, 5.41) is 6.41. The van der Waals surface area contributed by atoms with Crippen LogP contribution in [0, 0.1) is 0 Å². The Labute approximate surface area is 160 Å². The summed E-state index contributed by atoms with van der Waals surface area (Å²) in [4.78, 5) is 36.3. The second kappa shape index (κ2) is 10.6. The highest BCUT2D eigenvalue weighted by atomic mass is 32.2. The smallest absolute Gasteiger partial charge is 0.315 e. The zero-order valence-electron chi connectivity index (χ0n) is 15.8.